The lowest BCUT2D eigenvalue weighted by Gasteiger charge is -2.09. The maximum Gasteiger partial charge on any atom is 0.235 e. The van der Waals surface area contributed by atoms with E-state index < -0.39 is 0 Å². The van der Waals surface area contributed by atoms with Gasteiger partial charge in [0.2, 0.25) is 5.91 Å². The van der Waals surface area contributed by atoms with Crippen molar-refractivity contribution in [2.24, 2.45) is 0 Å². The maximum atomic E-state index is 12.5. The standard InChI is InChI=1S/C16H14BrNO2/c1-11-6-8-12(9-7-11)16(20)13-4-2-3-5-14(13)18-15(19)10-17/h2-9H,10H2,1H3,(H,18,19). The zero-order valence-electron chi connectivity index (χ0n) is 11.0. The number of amides is 1. The number of anilines is 1. The largest absolute Gasteiger partial charge is 0.325 e. The molecule has 1 amide bonds. The van der Waals surface area contributed by atoms with Crippen LogP contribution in [-0.4, -0.2) is 17.0 Å². The van der Waals surface area contributed by atoms with Gasteiger partial charge in [0, 0.05) is 11.1 Å². The third-order valence-electron chi connectivity index (χ3n) is 2.88. The van der Waals surface area contributed by atoms with Crippen LogP contribution in [0.25, 0.3) is 0 Å². The summed E-state index contributed by atoms with van der Waals surface area (Å²) < 4.78 is 0. The molecule has 0 saturated heterocycles. The number of hydrogen-bond donors (Lipinski definition) is 1. The summed E-state index contributed by atoms with van der Waals surface area (Å²) in [6.45, 7) is 1.97. The first-order valence-corrected chi connectivity index (χ1v) is 7.30. The van der Waals surface area contributed by atoms with Crippen LogP contribution in [0.2, 0.25) is 0 Å². The number of rotatable bonds is 4. The van der Waals surface area contributed by atoms with E-state index in [1.807, 2.05) is 19.1 Å². The van der Waals surface area contributed by atoms with E-state index in [4.69, 9.17) is 0 Å². The molecule has 1 N–H and O–H groups in total. The van der Waals surface area contributed by atoms with E-state index in [0.717, 1.165) is 5.56 Å². The van der Waals surface area contributed by atoms with Gasteiger partial charge in [0.15, 0.2) is 5.78 Å². The van der Waals surface area contributed by atoms with Crippen LogP contribution in [0.15, 0.2) is 48.5 Å². The van der Waals surface area contributed by atoms with Crippen molar-refractivity contribution < 1.29 is 9.59 Å². The lowest BCUT2D eigenvalue weighted by molar-refractivity contribution is -0.113. The molecule has 0 fully saturated rings. The van der Waals surface area contributed by atoms with Crippen molar-refractivity contribution in [3.8, 4) is 0 Å². The predicted molar refractivity (Wildman–Crippen MR) is 83.5 cm³/mol. The van der Waals surface area contributed by atoms with E-state index in [1.165, 1.54) is 0 Å². The topological polar surface area (TPSA) is 46.2 Å². The number of aryl methyl sites for hydroxylation is 1. The zero-order chi connectivity index (χ0) is 14.5. The van der Waals surface area contributed by atoms with Gasteiger partial charge in [-0.25, -0.2) is 0 Å². The van der Waals surface area contributed by atoms with E-state index in [0.29, 0.717) is 16.8 Å². The summed E-state index contributed by atoms with van der Waals surface area (Å²) in [4.78, 5) is 24.0. The monoisotopic (exact) mass is 331 g/mol. The SMILES string of the molecule is Cc1ccc(C(=O)c2ccccc2NC(=O)CBr)cc1. The lowest BCUT2D eigenvalue weighted by atomic mass is 10.0. The molecule has 0 spiro atoms. The molecule has 0 saturated carbocycles. The van der Waals surface area contributed by atoms with Gasteiger partial charge in [0.05, 0.1) is 11.0 Å². The molecule has 0 unspecified atom stereocenters. The molecule has 2 aromatic carbocycles. The van der Waals surface area contributed by atoms with Crippen molar-refractivity contribution in [3.63, 3.8) is 0 Å². The van der Waals surface area contributed by atoms with E-state index >= 15 is 0 Å². The molecule has 4 heteroatoms. The highest BCUT2D eigenvalue weighted by molar-refractivity contribution is 9.09. The third-order valence-corrected chi connectivity index (χ3v) is 3.39. The minimum atomic E-state index is -0.186. The Hall–Kier alpha value is -1.94. The average molecular weight is 332 g/mol. The second kappa shape index (κ2) is 6.48. The van der Waals surface area contributed by atoms with E-state index in [2.05, 4.69) is 21.2 Å². The van der Waals surface area contributed by atoms with Crippen molar-refractivity contribution >= 4 is 33.3 Å². The fraction of sp³-hybridized carbons (Fsp3) is 0.125. The Morgan fingerprint density at radius 2 is 1.70 bits per heavy atom. The average Bonchev–Trinajstić information content (AvgIpc) is 2.48. The Labute approximate surface area is 126 Å². The van der Waals surface area contributed by atoms with E-state index in [-0.39, 0.29) is 17.0 Å². The maximum absolute atomic E-state index is 12.5. The smallest absolute Gasteiger partial charge is 0.235 e. The van der Waals surface area contributed by atoms with Crippen LogP contribution in [0.1, 0.15) is 21.5 Å². The molecule has 0 atom stereocenters. The molecular formula is C16H14BrNO2. The van der Waals surface area contributed by atoms with Gasteiger partial charge in [0.25, 0.3) is 0 Å². The summed E-state index contributed by atoms with van der Waals surface area (Å²) in [6.07, 6.45) is 0. The van der Waals surface area contributed by atoms with Gasteiger partial charge in [-0.3, -0.25) is 9.59 Å². The third kappa shape index (κ3) is 3.33. The first-order valence-electron chi connectivity index (χ1n) is 6.18. The lowest BCUT2D eigenvalue weighted by Crippen LogP contribution is -2.15. The number of nitrogens with one attached hydrogen (secondary N) is 1. The van der Waals surface area contributed by atoms with Gasteiger partial charge >= 0.3 is 0 Å². The molecule has 2 rings (SSSR count). The number of hydrogen-bond acceptors (Lipinski definition) is 2. The number of carbonyl (C=O) groups excluding carboxylic acids is 2. The van der Waals surface area contributed by atoms with E-state index in [1.54, 1.807) is 36.4 Å². The Morgan fingerprint density at radius 1 is 1.05 bits per heavy atom. The fourth-order valence-electron chi connectivity index (χ4n) is 1.83. The summed E-state index contributed by atoms with van der Waals surface area (Å²) in [6, 6.07) is 14.4. The number of para-hydroxylation sites is 1. The summed E-state index contributed by atoms with van der Waals surface area (Å²) in [5, 5.41) is 2.91. The number of alkyl halides is 1. The highest BCUT2D eigenvalue weighted by Gasteiger charge is 2.14. The second-order valence-corrected chi connectivity index (χ2v) is 4.98. The van der Waals surface area contributed by atoms with Crippen LogP contribution in [0, 0.1) is 6.92 Å². The molecule has 0 aromatic heterocycles. The molecule has 20 heavy (non-hydrogen) atoms. The van der Waals surface area contributed by atoms with Gasteiger partial charge in [-0.15, -0.1) is 0 Å². The van der Waals surface area contributed by atoms with Crippen molar-refractivity contribution in [1.29, 1.82) is 0 Å². The molecule has 3 nitrogen and oxygen atoms in total. The first kappa shape index (κ1) is 14.5. The molecule has 0 bridgehead atoms. The van der Waals surface area contributed by atoms with Crippen LogP contribution >= 0.6 is 15.9 Å². The van der Waals surface area contributed by atoms with E-state index in [9.17, 15) is 9.59 Å². The quantitative estimate of drug-likeness (QED) is 0.687. The van der Waals surface area contributed by atoms with Crippen molar-refractivity contribution in [2.45, 2.75) is 6.92 Å². The highest BCUT2D eigenvalue weighted by atomic mass is 79.9. The van der Waals surface area contributed by atoms with Crippen molar-refractivity contribution in [1.82, 2.24) is 0 Å². The first-order chi connectivity index (χ1) is 9.61. The zero-order valence-corrected chi connectivity index (χ0v) is 12.6. The van der Waals surface area contributed by atoms with Gasteiger partial charge in [0.1, 0.15) is 0 Å². The number of ketones is 1. The second-order valence-electron chi connectivity index (χ2n) is 4.42. The minimum absolute atomic E-state index is 0.101. The summed E-state index contributed by atoms with van der Waals surface area (Å²) >= 11 is 3.09. The van der Waals surface area contributed by atoms with Crippen molar-refractivity contribution in [3.05, 3.63) is 65.2 Å². The van der Waals surface area contributed by atoms with Gasteiger partial charge in [-0.05, 0) is 19.1 Å². The molecule has 0 aliphatic rings. The number of halogens is 1. The Balaban J connectivity index is 2.34. The summed E-state index contributed by atoms with van der Waals surface area (Å²) in [7, 11) is 0. The minimum Gasteiger partial charge on any atom is -0.325 e. The highest BCUT2D eigenvalue weighted by Crippen LogP contribution is 2.19. The molecule has 0 radical (unpaired) electrons. The summed E-state index contributed by atoms with van der Waals surface area (Å²) in [5.74, 6) is -0.287. The van der Waals surface area contributed by atoms with Crippen LogP contribution in [0.5, 0.6) is 0 Å². The normalized spacial score (nSPS) is 10.1. The molecule has 0 heterocycles. The number of carbonyl (C=O) groups is 2. The fourth-order valence-corrected chi connectivity index (χ4v) is 1.97. The Bertz CT molecular complexity index is 635. The molecule has 2 aromatic rings. The van der Waals surface area contributed by atoms with Crippen molar-refractivity contribution in [2.75, 3.05) is 10.6 Å². The van der Waals surface area contributed by atoms with Gasteiger partial charge in [-0.1, -0.05) is 57.9 Å². The molecule has 0 aliphatic heterocycles. The predicted octanol–water partition coefficient (Wildman–Crippen LogP) is 3.56. The van der Waals surface area contributed by atoms with Crippen LogP contribution in [-0.2, 0) is 4.79 Å². The molecule has 102 valence electrons. The van der Waals surface area contributed by atoms with Crippen LogP contribution in [0.3, 0.4) is 0 Å². The Kier molecular flexibility index (Phi) is 4.69. The molecule has 0 aliphatic carbocycles. The van der Waals surface area contributed by atoms with Gasteiger partial charge < -0.3 is 5.32 Å². The van der Waals surface area contributed by atoms with Gasteiger partial charge in [-0.2, -0.15) is 0 Å². The number of benzene rings is 2. The Morgan fingerprint density at radius 3 is 2.35 bits per heavy atom. The van der Waals surface area contributed by atoms with Crippen LogP contribution < -0.4 is 5.32 Å². The molecular weight excluding hydrogens is 318 g/mol. The summed E-state index contributed by atoms with van der Waals surface area (Å²) in [5.41, 5.74) is 2.73. The van der Waals surface area contributed by atoms with Crippen LogP contribution in [0.4, 0.5) is 5.69 Å².